The van der Waals surface area contributed by atoms with Gasteiger partial charge >= 0.3 is 5.76 Å². The second kappa shape index (κ2) is 11.9. The van der Waals surface area contributed by atoms with Crippen LogP contribution in [-0.4, -0.2) is 33.1 Å². The predicted octanol–water partition coefficient (Wildman–Crippen LogP) is 5.77. The highest BCUT2D eigenvalue weighted by Gasteiger charge is 2.35. The predicted molar refractivity (Wildman–Crippen MR) is 159 cm³/mol. The van der Waals surface area contributed by atoms with Gasteiger partial charge in [0.25, 0.3) is 0 Å². The van der Waals surface area contributed by atoms with Gasteiger partial charge in [-0.2, -0.15) is 0 Å². The van der Waals surface area contributed by atoms with E-state index in [0.717, 1.165) is 21.3 Å². The third kappa shape index (κ3) is 5.15. The molecule has 0 aliphatic heterocycles. The first-order valence-electron chi connectivity index (χ1n) is 14.4. The largest absolute Gasteiger partial charge is 0.446 e. The highest BCUT2D eigenvalue weighted by atomic mass is 79.9. The monoisotopic (exact) mass is 629 g/mol. The van der Waals surface area contributed by atoms with Gasteiger partial charge in [-0.1, -0.05) is 96.2 Å². The maximum atomic E-state index is 14.3. The van der Waals surface area contributed by atoms with E-state index in [9.17, 15) is 9.18 Å². The number of nitrogens with one attached hydrogen (secondary N) is 2. The zero-order valence-electron chi connectivity index (χ0n) is 24.8. The molecule has 2 N–H and O–H groups in total. The average molecular weight is 630 g/mol. The second-order valence-electron chi connectivity index (χ2n) is 9.12. The molecule has 0 saturated carbocycles. The molecule has 2 heterocycles. The molecule has 11 heteroatoms. The van der Waals surface area contributed by atoms with E-state index in [1.165, 1.54) is 0 Å². The Bertz CT molecular complexity index is 1880. The Morgan fingerprint density at radius 3 is 2.05 bits per heavy atom. The fourth-order valence-corrected chi connectivity index (χ4v) is 5.11. The van der Waals surface area contributed by atoms with Crippen molar-refractivity contribution >= 4 is 21.7 Å². The van der Waals surface area contributed by atoms with Gasteiger partial charge in [0, 0.05) is 13.1 Å². The van der Waals surface area contributed by atoms with E-state index in [1.807, 2.05) is 54.6 Å². The first-order chi connectivity index (χ1) is 21.8. The lowest BCUT2D eigenvalue weighted by molar-refractivity contribution is 0.309. The van der Waals surface area contributed by atoms with Crippen LogP contribution in [0.15, 0.2) is 128 Å². The molecule has 42 heavy (non-hydrogen) atoms. The lowest BCUT2D eigenvalue weighted by atomic mass is 9.77. The zero-order chi connectivity index (χ0) is 31.6. The number of benzene rings is 4. The van der Waals surface area contributed by atoms with Crippen LogP contribution in [0.25, 0.3) is 17.2 Å². The van der Waals surface area contributed by atoms with Gasteiger partial charge in [0.15, 0.2) is 5.69 Å². The van der Waals surface area contributed by atoms with Gasteiger partial charge < -0.3 is 5.32 Å². The Balaban J connectivity index is 1.32. The summed E-state index contributed by atoms with van der Waals surface area (Å²) in [5.41, 5.74) is 1.94. The Labute approximate surface area is 252 Å². The molecular weight excluding hydrogens is 603 g/mol. The molecule has 6 aromatic rings. The summed E-state index contributed by atoms with van der Waals surface area (Å²) in [5.74, 6) is -2.31. The number of anilines is 1. The van der Waals surface area contributed by atoms with Crippen LogP contribution in [0.3, 0.4) is 0 Å². The summed E-state index contributed by atoms with van der Waals surface area (Å²) < 4.78 is 49.0. The molecule has 0 aliphatic rings. The summed E-state index contributed by atoms with van der Waals surface area (Å²) in [6, 6.07) is 28.2. The minimum atomic E-state index is -1.10. The fourth-order valence-electron chi connectivity index (χ4n) is 4.82. The molecule has 0 spiro atoms. The van der Waals surface area contributed by atoms with Gasteiger partial charge in [-0.25, -0.2) is 18.4 Å². The van der Waals surface area contributed by atoms with E-state index in [-0.39, 0.29) is 21.8 Å². The first-order valence-corrected chi connectivity index (χ1v) is 13.7. The van der Waals surface area contributed by atoms with Crippen LogP contribution in [-0.2, 0) is 5.54 Å². The fraction of sp³-hybridized carbons (Fsp3) is 0.0968. The smallest absolute Gasteiger partial charge is 0.364 e. The molecule has 0 fully saturated rings. The van der Waals surface area contributed by atoms with Crippen LogP contribution in [0.4, 0.5) is 10.2 Å². The zero-order valence-corrected chi connectivity index (χ0v) is 23.4. The highest BCUT2D eigenvalue weighted by molar-refractivity contribution is 9.10. The summed E-state index contributed by atoms with van der Waals surface area (Å²) >= 11 is 2.92. The van der Waals surface area contributed by atoms with Crippen molar-refractivity contribution in [2.24, 2.45) is 0 Å². The van der Waals surface area contributed by atoms with E-state index in [2.05, 4.69) is 78.4 Å². The Hall–Kier alpha value is -4.87. The molecule has 9 nitrogen and oxygen atoms in total. The minimum absolute atomic E-state index is 0.0490. The van der Waals surface area contributed by atoms with E-state index in [1.54, 1.807) is 0 Å². The van der Waals surface area contributed by atoms with Gasteiger partial charge in [0.2, 0.25) is 11.6 Å². The Morgan fingerprint density at radius 1 is 0.857 bits per heavy atom. The molecule has 6 rings (SSSR count). The molecule has 4 aromatic carbocycles. The highest BCUT2D eigenvalue weighted by Crippen LogP contribution is 2.36. The summed E-state index contributed by atoms with van der Waals surface area (Å²) in [7, 11) is 0. The topological polar surface area (TPSA) is 111 Å². The van der Waals surface area contributed by atoms with Gasteiger partial charge in [-0.3, -0.25) is 9.84 Å². The lowest BCUT2D eigenvalue weighted by Crippen LogP contribution is -2.46. The lowest BCUT2D eigenvalue weighted by Gasteiger charge is -2.37. The second-order valence-corrected chi connectivity index (χ2v) is 9.92. The maximum Gasteiger partial charge on any atom is 0.446 e. The SMILES string of the molecule is [2H]c1c([2H])c(-n2c(-c3nonc3NCCNC(c3ccccc3)(c3ccccc3)c3ccccc3)noc2=O)c([2H])c(Br)c1F. The maximum absolute atomic E-state index is 14.3. The number of hydrogen-bond donors (Lipinski definition) is 2. The van der Waals surface area contributed by atoms with Crippen LogP contribution in [0, 0.1) is 5.82 Å². The molecule has 0 amide bonds. The van der Waals surface area contributed by atoms with Gasteiger partial charge in [0.05, 0.1) is 19.8 Å². The van der Waals surface area contributed by atoms with E-state index in [0.29, 0.717) is 13.1 Å². The van der Waals surface area contributed by atoms with Crippen molar-refractivity contribution in [3.63, 3.8) is 0 Å². The molecule has 0 aliphatic carbocycles. The quantitative estimate of drug-likeness (QED) is 0.145. The van der Waals surface area contributed by atoms with Gasteiger partial charge in [0.1, 0.15) is 5.82 Å². The van der Waals surface area contributed by atoms with Gasteiger partial charge in [-0.05, 0) is 61.1 Å². The summed E-state index contributed by atoms with van der Waals surface area (Å²) in [4.78, 5) is 12.7. The summed E-state index contributed by atoms with van der Waals surface area (Å²) in [6.07, 6.45) is 0. The molecule has 0 radical (unpaired) electrons. The van der Waals surface area contributed by atoms with Crippen LogP contribution in [0.2, 0.25) is 0 Å². The number of aromatic nitrogens is 4. The van der Waals surface area contributed by atoms with Crippen molar-refractivity contribution < 1.29 is 17.7 Å². The molecule has 0 saturated heterocycles. The molecule has 210 valence electrons. The third-order valence-electron chi connectivity index (χ3n) is 6.67. The third-order valence-corrected chi connectivity index (χ3v) is 7.21. The van der Waals surface area contributed by atoms with Crippen molar-refractivity contribution in [1.29, 1.82) is 0 Å². The van der Waals surface area contributed by atoms with E-state index >= 15 is 0 Å². The van der Waals surface area contributed by atoms with E-state index < -0.39 is 40.9 Å². The number of halogens is 2. The number of hydrogen-bond acceptors (Lipinski definition) is 8. The van der Waals surface area contributed by atoms with Crippen LogP contribution < -0.4 is 16.4 Å². The Kier molecular flexibility index (Phi) is 6.76. The van der Waals surface area contributed by atoms with Crippen molar-refractivity contribution in [2.75, 3.05) is 18.4 Å². The molecular formula is C31H24BrFN6O3. The molecule has 0 unspecified atom stereocenters. The number of rotatable bonds is 10. The van der Waals surface area contributed by atoms with Crippen LogP contribution >= 0.6 is 15.9 Å². The Morgan fingerprint density at radius 2 is 1.45 bits per heavy atom. The number of nitrogens with zero attached hydrogens (tertiary/aromatic N) is 4. The average Bonchev–Trinajstić information content (AvgIpc) is 3.70. The summed E-state index contributed by atoms with van der Waals surface area (Å²) in [6.45, 7) is 0.724. The molecule has 0 atom stereocenters. The minimum Gasteiger partial charge on any atom is -0.364 e. The van der Waals surface area contributed by atoms with Crippen molar-refractivity contribution in [2.45, 2.75) is 5.54 Å². The van der Waals surface area contributed by atoms with Gasteiger partial charge in [-0.15, -0.1) is 0 Å². The van der Waals surface area contributed by atoms with Crippen molar-refractivity contribution in [3.8, 4) is 17.2 Å². The summed E-state index contributed by atoms with van der Waals surface area (Å²) in [5, 5.41) is 18.4. The van der Waals surface area contributed by atoms with Crippen molar-refractivity contribution in [3.05, 3.63) is 147 Å². The van der Waals surface area contributed by atoms with Crippen molar-refractivity contribution in [1.82, 2.24) is 25.4 Å². The molecule has 2 aromatic heterocycles. The standard InChI is InChI=1S/C31H24BrFN6O3/c32-25-20-24(16-17-26(25)33)39-29(38-41-30(39)40)27-28(37-42-36-27)34-18-19-35-31(21-10-4-1-5-11-21,22-12-6-2-7-13-22)23-14-8-3-9-15-23/h1-17,20,35H,18-19H2,(H,34,37)/i16D,17D,20D. The normalized spacial score (nSPS) is 12.5. The van der Waals surface area contributed by atoms with E-state index in [4.69, 9.17) is 13.3 Å². The first kappa shape index (κ1) is 23.8. The van der Waals surface area contributed by atoms with Crippen LogP contribution in [0.1, 0.15) is 20.8 Å². The van der Waals surface area contributed by atoms with Crippen LogP contribution in [0.5, 0.6) is 0 Å². The molecule has 0 bridgehead atoms.